The fourth-order valence-corrected chi connectivity index (χ4v) is 1.97. The van der Waals surface area contributed by atoms with E-state index in [2.05, 4.69) is 9.97 Å². The maximum atomic E-state index is 12.2. The van der Waals surface area contributed by atoms with E-state index in [0.717, 1.165) is 0 Å². The van der Waals surface area contributed by atoms with Crippen LogP contribution in [0.1, 0.15) is 16.1 Å². The molecule has 0 amide bonds. The molecule has 1 aromatic heterocycles. The Hall–Kier alpha value is -1.36. The van der Waals surface area contributed by atoms with Gasteiger partial charge in [-0.15, -0.1) is 0 Å². The van der Waals surface area contributed by atoms with Gasteiger partial charge in [0.1, 0.15) is 10.8 Å². The second kappa shape index (κ2) is 5.10. The predicted molar refractivity (Wildman–Crippen MR) is 71.3 cm³/mol. The minimum Gasteiger partial charge on any atom is -0.398 e. The summed E-state index contributed by atoms with van der Waals surface area (Å²) in [6.07, 6.45) is 1.24. The minimum absolute atomic E-state index is 0.0198. The summed E-state index contributed by atoms with van der Waals surface area (Å²) in [6.45, 7) is 0. The summed E-state index contributed by atoms with van der Waals surface area (Å²) >= 11 is 17.4. The second-order valence-electron chi connectivity index (χ2n) is 3.37. The van der Waals surface area contributed by atoms with Crippen molar-refractivity contribution in [1.29, 1.82) is 0 Å². The van der Waals surface area contributed by atoms with E-state index in [1.165, 1.54) is 12.3 Å². The first kappa shape index (κ1) is 13.1. The summed E-state index contributed by atoms with van der Waals surface area (Å²) in [6, 6.07) is 4.74. The summed E-state index contributed by atoms with van der Waals surface area (Å²) < 4.78 is 0. The zero-order chi connectivity index (χ0) is 13.3. The van der Waals surface area contributed by atoms with Gasteiger partial charge in [0.15, 0.2) is 5.15 Å². The lowest BCUT2D eigenvalue weighted by Crippen LogP contribution is -2.07. The largest absolute Gasteiger partial charge is 0.398 e. The predicted octanol–water partition coefficient (Wildman–Crippen LogP) is 3.25. The number of ketones is 1. The number of halogens is 3. The number of benzene rings is 1. The van der Waals surface area contributed by atoms with Crippen molar-refractivity contribution in [2.24, 2.45) is 0 Å². The van der Waals surface area contributed by atoms with Gasteiger partial charge in [0.2, 0.25) is 5.78 Å². The highest BCUT2D eigenvalue weighted by Gasteiger charge is 2.19. The third-order valence-electron chi connectivity index (χ3n) is 2.19. The lowest BCUT2D eigenvalue weighted by Gasteiger charge is -2.06. The van der Waals surface area contributed by atoms with Crippen LogP contribution in [0.2, 0.25) is 15.3 Å². The number of hydrogen-bond acceptors (Lipinski definition) is 4. The normalized spacial score (nSPS) is 10.4. The molecule has 2 aromatic rings. The van der Waals surface area contributed by atoms with E-state index in [-0.39, 0.29) is 26.6 Å². The summed E-state index contributed by atoms with van der Waals surface area (Å²) in [4.78, 5) is 19.8. The first-order valence-corrected chi connectivity index (χ1v) is 5.91. The van der Waals surface area contributed by atoms with Gasteiger partial charge < -0.3 is 5.73 Å². The fourth-order valence-electron chi connectivity index (χ4n) is 1.35. The number of nitrogens with two attached hydrogens (primary N) is 1. The van der Waals surface area contributed by atoms with Crippen LogP contribution in [0.5, 0.6) is 0 Å². The molecule has 2 N–H and O–H groups in total. The second-order valence-corrected chi connectivity index (χ2v) is 4.49. The monoisotopic (exact) mass is 301 g/mol. The van der Waals surface area contributed by atoms with Crippen LogP contribution in [0.25, 0.3) is 0 Å². The molecular weight excluding hydrogens is 296 g/mol. The zero-order valence-corrected chi connectivity index (χ0v) is 11.1. The lowest BCUT2D eigenvalue weighted by atomic mass is 10.1. The van der Waals surface area contributed by atoms with Crippen molar-refractivity contribution in [2.45, 2.75) is 0 Å². The van der Waals surface area contributed by atoms with Crippen LogP contribution in [-0.4, -0.2) is 15.8 Å². The van der Waals surface area contributed by atoms with Gasteiger partial charge in [-0.3, -0.25) is 4.79 Å². The van der Waals surface area contributed by atoms with E-state index in [1.807, 2.05) is 0 Å². The van der Waals surface area contributed by atoms with E-state index >= 15 is 0 Å². The molecule has 7 heteroatoms. The Balaban J connectivity index is 2.51. The van der Waals surface area contributed by atoms with Crippen LogP contribution in [0.3, 0.4) is 0 Å². The van der Waals surface area contributed by atoms with Gasteiger partial charge >= 0.3 is 0 Å². The number of rotatable bonds is 2. The molecular formula is C11H6Cl3N3O. The topological polar surface area (TPSA) is 68.9 Å². The molecule has 18 heavy (non-hydrogen) atoms. The Morgan fingerprint density at radius 1 is 1.22 bits per heavy atom. The summed E-state index contributed by atoms with van der Waals surface area (Å²) in [5.74, 6) is -0.457. The Labute approximate surface area is 118 Å². The minimum atomic E-state index is -0.457. The molecule has 0 unspecified atom stereocenters. The fraction of sp³-hybridized carbons (Fsp3) is 0. The van der Waals surface area contributed by atoms with Gasteiger partial charge in [-0.1, -0.05) is 40.9 Å². The van der Waals surface area contributed by atoms with Crippen LogP contribution in [0, 0.1) is 0 Å². The maximum Gasteiger partial charge on any atom is 0.216 e. The highest BCUT2D eigenvalue weighted by molar-refractivity contribution is 6.39. The molecule has 1 heterocycles. The van der Waals surface area contributed by atoms with Gasteiger partial charge in [0.05, 0.1) is 16.9 Å². The summed E-state index contributed by atoms with van der Waals surface area (Å²) in [7, 11) is 0. The lowest BCUT2D eigenvalue weighted by molar-refractivity contribution is 0.103. The molecule has 0 saturated heterocycles. The molecule has 0 bridgehead atoms. The Kier molecular flexibility index (Phi) is 3.71. The molecule has 2 rings (SSSR count). The average molecular weight is 303 g/mol. The number of anilines is 1. The van der Waals surface area contributed by atoms with Crippen molar-refractivity contribution in [2.75, 3.05) is 5.73 Å². The Morgan fingerprint density at radius 2 is 1.94 bits per heavy atom. The van der Waals surface area contributed by atoms with Crippen molar-refractivity contribution in [3.63, 3.8) is 0 Å². The van der Waals surface area contributed by atoms with Crippen molar-refractivity contribution in [1.82, 2.24) is 9.97 Å². The van der Waals surface area contributed by atoms with E-state index in [9.17, 15) is 4.79 Å². The number of nitrogen functional groups attached to an aromatic ring is 1. The van der Waals surface area contributed by atoms with Crippen molar-refractivity contribution < 1.29 is 4.79 Å². The van der Waals surface area contributed by atoms with E-state index < -0.39 is 5.78 Å². The maximum absolute atomic E-state index is 12.2. The number of hydrogen-bond donors (Lipinski definition) is 1. The third kappa shape index (κ3) is 2.41. The van der Waals surface area contributed by atoms with Gasteiger partial charge in [0, 0.05) is 5.56 Å². The highest BCUT2D eigenvalue weighted by atomic mass is 35.5. The number of nitrogens with zero attached hydrogens (tertiary/aromatic N) is 2. The number of aromatic nitrogens is 2. The van der Waals surface area contributed by atoms with Gasteiger partial charge in [-0.2, -0.15) is 0 Å². The van der Waals surface area contributed by atoms with Crippen LogP contribution in [-0.2, 0) is 0 Å². The molecule has 0 aliphatic rings. The van der Waals surface area contributed by atoms with Crippen LogP contribution >= 0.6 is 34.8 Å². The molecule has 0 saturated carbocycles. The molecule has 0 atom stereocenters. The standard InChI is InChI=1S/C11H6Cl3N3O/c12-7-4-16-9(11(14)17-7)10(18)5-2-1-3-6(15)8(5)13/h1-4H,15H2. The summed E-state index contributed by atoms with van der Waals surface area (Å²) in [5.41, 5.74) is 6.13. The first-order chi connectivity index (χ1) is 8.50. The zero-order valence-electron chi connectivity index (χ0n) is 8.82. The van der Waals surface area contributed by atoms with E-state index in [0.29, 0.717) is 5.69 Å². The molecule has 0 spiro atoms. The Morgan fingerprint density at radius 3 is 2.61 bits per heavy atom. The molecule has 0 aliphatic carbocycles. The quantitative estimate of drug-likeness (QED) is 0.683. The van der Waals surface area contributed by atoms with Crippen molar-refractivity contribution >= 4 is 46.3 Å². The molecule has 1 aromatic carbocycles. The van der Waals surface area contributed by atoms with Gasteiger partial charge in [-0.25, -0.2) is 9.97 Å². The van der Waals surface area contributed by atoms with Crippen molar-refractivity contribution in [3.05, 3.63) is 51.0 Å². The molecule has 0 fully saturated rings. The van der Waals surface area contributed by atoms with Gasteiger partial charge in [0.25, 0.3) is 0 Å². The molecule has 0 radical (unpaired) electrons. The highest BCUT2D eigenvalue weighted by Crippen LogP contribution is 2.26. The van der Waals surface area contributed by atoms with Crippen molar-refractivity contribution in [3.8, 4) is 0 Å². The Bertz CT molecular complexity index is 631. The first-order valence-electron chi connectivity index (χ1n) is 4.77. The van der Waals surface area contributed by atoms with E-state index in [1.54, 1.807) is 12.1 Å². The summed E-state index contributed by atoms with van der Waals surface area (Å²) in [5, 5.41) is 0.191. The van der Waals surface area contributed by atoms with Crippen LogP contribution in [0.4, 0.5) is 5.69 Å². The average Bonchev–Trinajstić information content (AvgIpc) is 2.32. The smallest absolute Gasteiger partial charge is 0.216 e. The number of carbonyl (C=O) groups excluding carboxylic acids is 1. The molecule has 4 nitrogen and oxygen atoms in total. The number of carbonyl (C=O) groups is 1. The van der Waals surface area contributed by atoms with E-state index in [4.69, 9.17) is 40.5 Å². The third-order valence-corrected chi connectivity index (χ3v) is 3.06. The van der Waals surface area contributed by atoms with Crippen LogP contribution in [0.15, 0.2) is 24.4 Å². The molecule has 0 aliphatic heterocycles. The van der Waals surface area contributed by atoms with Gasteiger partial charge in [-0.05, 0) is 12.1 Å². The van der Waals surface area contributed by atoms with Crippen LogP contribution < -0.4 is 5.73 Å². The SMILES string of the molecule is Nc1cccc(C(=O)c2ncc(Cl)nc2Cl)c1Cl. The molecule has 92 valence electrons.